The van der Waals surface area contributed by atoms with Crippen LogP contribution in [0, 0.1) is 12.7 Å². The third kappa shape index (κ3) is 3.19. The Balaban J connectivity index is 2.48. The summed E-state index contributed by atoms with van der Waals surface area (Å²) >= 11 is 0. The van der Waals surface area contributed by atoms with E-state index in [1.165, 1.54) is 6.07 Å². The van der Waals surface area contributed by atoms with Gasteiger partial charge in [-0.05, 0) is 25.1 Å². The van der Waals surface area contributed by atoms with Crippen LogP contribution in [0.25, 0.3) is 0 Å². The highest BCUT2D eigenvalue weighted by Gasteiger charge is 2.25. The molecule has 1 N–H and O–H groups in total. The number of carbonyl (C=O) groups is 1. The normalized spacial score (nSPS) is 11.2. The minimum absolute atomic E-state index is 0.146. The number of methoxy groups -OCH3 is 1. The maximum Gasteiger partial charge on any atom is 0.339 e. The third-order valence-corrected chi connectivity index (χ3v) is 3.89. The second-order valence-electron chi connectivity index (χ2n) is 4.07. The zero-order valence-electron chi connectivity index (χ0n) is 11.1. The van der Waals surface area contributed by atoms with Gasteiger partial charge in [0.15, 0.2) is 0 Å². The molecule has 0 fully saturated rings. The Bertz CT molecular complexity index is 785. The summed E-state index contributed by atoms with van der Waals surface area (Å²) in [5.41, 5.74) is 0.169. The first kappa shape index (κ1) is 15.0. The number of ether oxygens (including phenoxy) is 1. The molecule has 0 amide bonds. The summed E-state index contributed by atoms with van der Waals surface area (Å²) in [6.45, 7) is 1.60. The highest BCUT2D eigenvalue weighted by molar-refractivity contribution is 7.92. The number of hydrogen-bond acceptors (Lipinski definition) is 6. The molecule has 1 heterocycles. The van der Waals surface area contributed by atoms with Crippen LogP contribution in [0.5, 0.6) is 0 Å². The number of benzene rings is 1. The number of anilines is 1. The first-order valence-corrected chi connectivity index (χ1v) is 7.16. The fourth-order valence-electron chi connectivity index (χ4n) is 1.60. The lowest BCUT2D eigenvalue weighted by Gasteiger charge is -2.09. The summed E-state index contributed by atoms with van der Waals surface area (Å²) in [6.07, 6.45) is 0. The molecule has 7 nitrogen and oxygen atoms in total. The monoisotopic (exact) mass is 314 g/mol. The van der Waals surface area contributed by atoms with Crippen LogP contribution in [0.15, 0.2) is 33.7 Å². The van der Waals surface area contributed by atoms with Crippen molar-refractivity contribution < 1.29 is 26.9 Å². The van der Waals surface area contributed by atoms with E-state index >= 15 is 0 Å². The number of esters is 1. The summed E-state index contributed by atoms with van der Waals surface area (Å²) in [5.74, 6) is -1.85. The molecule has 0 spiro atoms. The number of rotatable bonds is 4. The van der Waals surface area contributed by atoms with Gasteiger partial charge in [-0.1, -0.05) is 5.16 Å². The molecule has 0 atom stereocenters. The van der Waals surface area contributed by atoms with E-state index < -0.39 is 26.7 Å². The van der Waals surface area contributed by atoms with Gasteiger partial charge in [0.05, 0.1) is 18.4 Å². The van der Waals surface area contributed by atoms with Gasteiger partial charge in [0.1, 0.15) is 10.7 Å². The van der Waals surface area contributed by atoms with E-state index in [1.807, 2.05) is 0 Å². The smallest absolute Gasteiger partial charge is 0.339 e. The number of aryl methyl sites for hydroxylation is 1. The molecule has 1 aromatic heterocycles. The fraction of sp³-hybridized carbons (Fsp3) is 0.167. The van der Waals surface area contributed by atoms with E-state index in [-0.39, 0.29) is 11.4 Å². The van der Waals surface area contributed by atoms with Crippen molar-refractivity contribution in [3.63, 3.8) is 0 Å². The molecular weight excluding hydrogens is 303 g/mol. The average molecular weight is 314 g/mol. The van der Waals surface area contributed by atoms with E-state index in [0.29, 0.717) is 5.69 Å². The molecule has 0 bridgehead atoms. The summed E-state index contributed by atoms with van der Waals surface area (Å²) < 4.78 is 49.0. The van der Waals surface area contributed by atoms with Gasteiger partial charge in [0.2, 0.25) is 5.88 Å². The topological polar surface area (TPSA) is 98.5 Å². The van der Waals surface area contributed by atoms with Crippen LogP contribution < -0.4 is 4.72 Å². The fourth-order valence-corrected chi connectivity index (χ4v) is 2.78. The van der Waals surface area contributed by atoms with Crippen molar-refractivity contribution in [3.8, 4) is 0 Å². The van der Waals surface area contributed by atoms with Crippen LogP contribution in [-0.2, 0) is 14.8 Å². The first-order chi connectivity index (χ1) is 9.83. The maximum absolute atomic E-state index is 13.3. The van der Waals surface area contributed by atoms with Gasteiger partial charge in [-0.3, -0.25) is 0 Å². The Morgan fingerprint density at radius 1 is 1.38 bits per heavy atom. The minimum atomic E-state index is -4.23. The average Bonchev–Trinajstić information content (AvgIpc) is 2.82. The summed E-state index contributed by atoms with van der Waals surface area (Å²) in [4.78, 5) is 11.0. The molecule has 2 rings (SSSR count). The number of sulfonamides is 1. The van der Waals surface area contributed by atoms with Crippen LogP contribution in [0.1, 0.15) is 16.1 Å². The second kappa shape index (κ2) is 5.52. The molecule has 0 aliphatic rings. The molecule has 21 heavy (non-hydrogen) atoms. The van der Waals surface area contributed by atoms with E-state index in [1.54, 1.807) is 6.92 Å². The van der Waals surface area contributed by atoms with Crippen molar-refractivity contribution in [1.29, 1.82) is 0 Å². The van der Waals surface area contributed by atoms with Crippen LogP contribution in [0.2, 0.25) is 0 Å². The van der Waals surface area contributed by atoms with E-state index in [9.17, 15) is 17.6 Å². The Kier molecular flexibility index (Phi) is 3.94. The molecule has 0 aliphatic heterocycles. The molecule has 0 aliphatic carbocycles. The van der Waals surface area contributed by atoms with Gasteiger partial charge in [-0.25, -0.2) is 22.3 Å². The quantitative estimate of drug-likeness (QED) is 0.863. The number of nitrogens with zero attached hydrogens (tertiary/aromatic N) is 1. The third-order valence-electron chi connectivity index (χ3n) is 2.50. The number of hydrogen-bond donors (Lipinski definition) is 1. The van der Waals surface area contributed by atoms with Crippen LogP contribution in [0.3, 0.4) is 0 Å². The van der Waals surface area contributed by atoms with Gasteiger partial charge < -0.3 is 9.26 Å². The molecule has 0 saturated carbocycles. The number of nitrogens with one attached hydrogen (secondary N) is 1. The van der Waals surface area contributed by atoms with E-state index in [4.69, 9.17) is 4.52 Å². The van der Waals surface area contributed by atoms with Crippen molar-refractivity contribution in [1.82, 2.24) is 5.16 Å². The summed E-state index contributed by atoms with van der Waals surface area (Å²) in [5, 5.41) is 3.52. The predicted molar refractivity (Wildman–Crippen MR) is 69.8 cm³/mol. The first-order valence-electron chi connectivity index (χ1n) is 5.67. The van der Waals surface area contributed by atoms with Gasteiger partial charge in [-0.2, -0.15) is 0 Å². The molecule has 2 aromatic rings. The summed E-state index contributed by atoms with van der Waals surface area (Å²) in [6, 6.07) is 4.05. The van der Waals surface area contributed by atoms with Gasteiger partial charge in [-0.15, -0.1) is 0 Å². The van der Waals surface area contributed by atoms with Crippen LogP contribution in [0.4, 0.5) is 10.3 Å². The van der Waals surface area contributed by atoms with Crippen molar-refractivity contribution in [2.24, 2.45) is 0 Å². The van der Waals surface area contributed by atoms with Gasteiger partial charge in [0.25, 0.3) is 10.0 Å². The van der Waals surface area contributed by atoms with Crippen molar-refractivity contribution >= 4 is 21.9 Å². The number of carbonyl (C=O) groups excluding carboxylic acids is 1. The Labute approximate surface area is 119 Å². The van der Waals surface area contributed by atoms with Gasteiger partial charge >= 0.3 is 5.97 Å². The highest BCUT2D eigenvalue weighted by Crippen LogP contribution is 2.22. The predicted octanol–water partition coefficient (Wildman–Crippen LogP) is 1.71. The largest absolute Gasteiger partial charge is 0.465 e. The molecule has 0 saturated heterocycles. The molecule has 1 aromatic carbocycles. The number of halogens is 1. The molecule has 9 heteroatoms. The molecular formula is C12H11FN2O5S. The van der Waals surface area contributed by atoms with E-state index in [0.717, 1.165) is 25.3 Å². The van der Waals surface area contributed by atoms with Crippen LogP contribution >= 0.6 is 0 Å². The SMILES string of the molecule is COC(=O)c1ccc(F)cc1S(=O)(=O)Nc1cc(C)no1. The lowest BCUT2D eigenvalue weighted by molar-refractivity contribution is 0.0596. The lowest BCUT2D eigenvalue weighted by atomic mass is 10.2. The molecule has 112 valence electrons. The Morgan fingerprint density at radius 2 is 2.10 bits per heavy atom. The van der Waals surface area contributed by atoms with Crippen molar-refractivity contribution in [2.75, 3.05) is 11.8 Å². The number of aromatic nitrogens is 1. The Hall–Kier alpha value is -2.42. The summed E-state index contributed by atoms with van der Waals surface area (Å²) in [7, 11) is -3.14. The standard InChI is InChI=1S/C12H11FN2O5S/c1-7-5-11(20-14-7)15-21(17,18)10-6-8(13)3-4-9(10)12(16)19-2/h3-6,15H,1-2H3. The Morgan fingerprint density at radius 3 is 2.67 bits per heavy atom. The zero-order valence-corrected chi connectivity index (χ0v) is 11.9. The minimum Gasteiger partial charge on any atom is -0.465 e. The highest BCUT2D eigenvalue weighted by atomic mass is 32.2. The maximum atomic E-state index is 13.3. The van der Waals surface area contributed by atoms with Gasteiger partial charge in [0, 0.05) is 6.07 Å². The van der Waals surface area contributed by atoms with Crippen molar-refractivity contribution in [2.45, 2.75) is 11.8 Å². The second-order valence-corrected chi connectivity index (χ2v) is 5.72. The zero-order chi connectivity index (χ0) is 15.6. The lowest BCUT2D eigenvalue weighted by Crippen LogP contribution is -2.17. The molecule has 0 unspecified atom stereocenters. The van der Waals surface area contributed by atoms with Crippen LogP contribution in [-0.4, -0.2) is 26.7 Å². The molecule has 0 radical (unpaired) electrons. The van der Waals surface area contributed by atoms with E-state index in [2.05, 4.69) is 14.6 Å². The van der Waals surface area contributed by atoms with Crippen molar-refractivity contribution in [3.05, 3.63) is 41.3 Å².